The van der Waals surface area contributed by atoms with Crippen molar-refractivity contribution < 1.29 is 9.47 Å². The van der Waals surface area contributed by atoms with E-state index in [4.69, 9.17) is 9.47 Å². The van der Waals surface area contributed by atoms with Gasteiger partial charge in [0.2, 0.25) is 0 Å². The minimum Gasteiger partial charge on any atom is -0.461 e. The second kappa shape index (κ2) is 11.7. The Balaban J connectivity index is 1.25. The largest absolute Gasteiger partial charge is 0.461 e. The van der Waals surface area contributed by atoms with Gasteiger partial charge in [0, 0.05) is 51.0 Å². The Labute approximate surface area is 310 Å². The van der Waals surface area contributed by atoms with Gasteiger partial charge in [0.15, 0.2) is 0 Å². The van der Waals surface area contributed by atoms with Crippen LogP contribution in [0, 0.1) is 5.92 Å². The molecule has 0 fully saturated rings. The Hall–Kier alpha value is -6.06. The number of hydrogen-bond donors (Lipinski definition) is 0. The van der Waals surface area contributed by atoms with Crippen LogP contribution in [-0.2, 0) is 11.8 Å². The zero-order valence-electron chi connectivity index (χ0n) is 29.8. The topological polar surface area (TPSA) is 23.4 Å². The quantitative estimate of drug-likeness (QED) is 0.185. The molecule has 53 heavy (non-hydrogen) atoms. The summed E-state index contributed by atoms with van der Waals surface area (Å²) in [7, 11) is 0. The van der Waals surface area contributed by atoms with Crippen LogP contribution in [0.3, 0.4) is 0 Å². The number of hydrogen-bond acceptors (Lipinski definition) is 2. The first-order valence-corrected chi connectivity index (χ1v) is 19.1. The fourth-order valence-electron chi connectivity index (χ4n) is 9.76. The summed E-state index contributed by atoms with van der Waals surface area (Å²) in [4.78, 5) is 0. The third kappa shape index (κ3) is 4.40. The molecule has 2 atom stereocenters. The molecule has 2 aliphatic heterocycles. The van der Waals surface area contributed by atoms with Crippen LogP contribution < -0.4 is 9.47 Å². The second-order valence-corrected chi connectivity index (χ2v) is 15.0. The molecule has 0 saturated carbocycles. The molecular weight excluding hydrogens is 647 g/mol. The van der Waals surface area contributed by atoms with Gasteiger partial charge < -0.3 is 14.0 Å². The lowest BCUT2D eigenvalue weighted by molar-refractivity contribution is 0.351. The molecule has 5 aromatic carbocycles. The summed E-state index contributed by atoms with van der Waals surface area (Å²) in [6, 6.07) is 39.7. The summed E-state index contributed by atoms with van der Waals surface area (Å²) >= 11 is 0. The molecule has 0 N–H and O–H groups in total. The lowest BCUT2D eigenvalue weighted by Gasteiger charge is -2.47. The van der Waals surface area contributed by atoms with Gasteiger partial charge in [0.05, 0.1) is 10.9 Å². The average Bonchev–Trinajstić information content (AvgIpc) is 3.54. The van der Waals surface area contributed by atoms with Gasteiger partial charge in [0.1, 0.15) is 23.0 Å². The van der Waals surface area contributed by atoms with E-state index in [-0.39, 0.29) is 0 Å². The number of fused-ring (bicyclic) bond motifs is 10. The van der Waals surface area contributed by atoms with E-state index < -0.39 is 5.41 Å². The molecule has 1 spiro atoms. The molecule has 0 amide bonds. The van der Waals surface area contributed by atoms with Crippen LogP contribution in [0.15, 0.2) is 157 Å². The predicted octanol–water partition coefficient (Wildman–Crippen LogP) is 12.8. The normalized spacial score (nSPS) is 20.5. The van der Waals surface area contributed by atoms with Crippen molar-refractivity contribution in [3.8, 4) is 39.5 Å². The lowest BCUT2D eigenvalue weighted by Crippen LogP contribution is -2.39. The lowest BCUT2D eigenvalue weighted by atomic mass is 9.59. The SMILES string of the molecule is CC1C=Cc2c(n(C3=CC=CCC3)c3cccc(-c4cccc5c4C4(C6=C(CCC=C6)Oc6cc(-c7ccccc7)ccc64)c4ccccc4O5)c23)C1. The summed E-state index contributed by atoms with van der Waals surface area (Å²) in [6.07, 6.45) is 21.2. The van der Waals surface area contributed by atoms with E-state index in [1.807, 2.05) is 0 Å². The monoisotopic (exact) mass is 685 g/mol. The Morgan fingerprint density at radius 3 is 2.40 bits per heavy atom. The molecule has 2 unspecified atom stereocenters. The Kier molecular flexibility index (Phi) is 6.76. The average molecular weight is 686 g/mol. The van der Waals surface area contributed by atoms with Gasteiger partial charge in [-0.05, 0) is 84.2 Å². The number of allylic oxidation sites excluding steroid dienone is 9. The van der Waals surface area contributed by atoms with Gasteiger partial charge in [-0.25, -0.2) is 0 Å². The predicted molar refractivity (Wildman–Crippen MR) is 216 cm³/mol. The number of ether oxygens (including phenoxy) is 2. The first-order valence-electron chi connectivity index (χ1n) is 19.1. The maximum absolute atomic E-state index is 6.99. The second-order valence-electron chi connectivity index (χ2n) is 15.0. The molecular formula is C50H39NO2. The van der Waals surface area contributed by atoms with Crippen LogP contribution in [0.4, 0.5) is 0 Å². The minimum absolute atomic E-state index is 0.481. The van der Waals surface area contributed by atoms with Crippen molar-refractivity contribution in [1.82, 2.24) is 4.57 Å². The highest BCUT2D eigenvalue weighted by Gasteiger charge is 2.52. The van der Waals surface area contributed by atoms with E-state index in [1.165, 1.54) is 55.7 Å². The highest BCUT2D eigenvalue weighted by Crippen LogP contribution is 2.63. The summed E-state index contributed by atoms with van der Waals surface area (Å²) in [5.74, 6) is 4.21. The number of benzene rings is 5. The van der Waals surface area contributed by atoms with Crippen molar-refractivity contribution >= 4 is 22.7 Å². The van der Waals surface area contributed by atoms with E-state index in [1.54, 1.807) is 0 Å². The molecule has 6 aromatic rings. The van der Waals surface area contributed by atoms with Gasteiger partial charge in [-0.2, -0.15) is 0 Å². The third-order valence-electron chi connectivity index (χ3n) is 12.0. The van der Waals surface area contributed by atoms with Crippen molar-refractivity contribution in [1.29, 1.82) is 0 Å². The first-order chi connectivity index (χ1) is 26.2. The molecule has 256 valence electrons. The van der Waals surface area contributed by atoms with E-state index >= 15 is 0 Å². The van der Waals surface area contributed by atoms with E-state index in [9.17, 15) is 0 Å². The third-order valence-corrected chi connectivity index (χ3v) is 12.0. The van der Waals surface area contributed by atoms with Crippen molar-refractivity contribution in [3.63, 3.8) is 0 Å². The zero-order chi connectivity index (χ0) is 35.1. The summed E-state index contributed by atoms with van der Waals surface area (Å²) in [5.41, 5.74) is 14.2. The highest BCUT2D eigenvalue weighted by atomic mass is 16.5. The fourth-order valence-corrected chi connectivity index (χ4v) is 9.76. The van der Waals surface area contributed by atoms with E-state index in [0.717, 1.165) is 71.8 Å². The molecule has 0 saturated heterocycles. The Bertz CT molecular complexity index is 2660. The molecule has 3 aliphatic carbocycles. The van der Waals surface area contributed by atoms with Gasteiger partial charge in [-0.15, -0.1) is 0 Å². The molecule has 0 bridgehead atoms. The molecule has 1 aromatic heterocycles. The van der Waals surface area contributed by atoms with Gasteiger partial charge in [-0.3, -0.25) is 0 Å². The summed E-state index contributed by atoms with van der Waals surface area (Å²) in [5, 5.41) is 1.31. The van der Waals surface area contributed by atoms with Gasteiger partial charge in [-0.1, -0.05) is 128 Å². The van der Waals surface area contributed by atoms with Gasteiger partial charge >= 0.3 is 0 Å². The van der Waals surface area contributed by atoms with E-state index in [0.29, 0.717) is 5.92 Å². The zero-order valence-corrected chi connectivity index (χ0v) is 29.8. The molecule has 3 heteroatoms. The molecule has 3 heterocycles. The molecule has 3 nitrogen and oxygen atoms in total. The number of rotatable bonds is 3. The fraction of sp³-hybridized carbons (Fsp3) is 0.160. The Morgan fingerprint density at radius 1 is 0.679 bits per heavy atom. The van der Waals surface area contributed by atoms with Crippen LogP contribution >= 0.6 is 0 Å². The minimum atomic E-state index is -0.665. The van der Waals surface area contributed by atoms with Crippen molar-refractivity contribution in [2.24, 2.45) is 5.92 Å². The maximum atomic E-state index is 6.99. The van der Waals surface area contributed by atoms with Crippen LogP contribution in [-0.4, -0.2) is 4.57 Å². The standard InChI is InChI=1S/C50H39NO2/c1-32-26-28-38-43(30-32)51(35-16-6-3-7-17-35)42-22-12-18-36(48(38)42)37-19-13-25-46-49(37)50(39-20-8-10-23-44(39)52-46)40-21-9-11-24-45(40)53-47-31-34(27-29-41(47)50)33-14-4-2-5-15-33/h2-6,8-10,12-16,18-23,25-29,31-32H,7,11,17,24,30H2,1H3. The summed E-state index contributed by atoms with van der Waals surface area (Å²) < 4.78 is 16.5. The van der Waals surface area contributed by atoms with Crippen molar-refractivity contribution in [2.75, 3.05) is 0 Å². The Morgan fingerprint density at radius 2 is 1.49 bits per heavy atom. The van der Waals surface area contributed by atoms with Crippen LogP contribution in [0.5, 0.6) is 17.2 Å². The molecule has 0 radical (unpaired) electrons. The molecule has 5 aliphatic rings. The smallest absolute Gasteiger partial charge is 0.132 e. The first kappa shape index (κ1) is 30.6. The summed E-state index contributed by atoms with van der Waals surface area (Å²) in [6.45, 7) is 2.33. The van der Waals surface area contributed by atoms with Crippen LogP contribution in [0.1, 0.15) is 60.6 Å². The van der Waals surface area contributed by atoms with Crippen molar-refractivity contribution in [2.45, 2.75) is 44.4 Å². The number of para-hydroxylation sites is 1. The van der Waals surface area contributed by atoms with Crippen LogP contribution in [0.2, 0.25) is 0 Å². The highest BCUT2D eigenvalue weighted by molar-refractivity contribution is 6.05. The van der Waals surface area contributed by atoms with Crippen molar-refractivity contribution in [3.05, 3.63) is 185 Å². The van der Waals surface area contributed by atoms with E-state index in [2.05, 4.69) is 163 Å². The molecule has 11 rings (SSSR count). The van der Waals surface area contributed by atoms with Crippen LogP contribution in [0.25, 0.3) is 44.9 Å². The maximum Gasteiger partial charge on any atom is 0.132 e. The number of aromatic nitrogens is 1. The number of nitrogens with zero attached hydrogens (tertiary/aromatic N) is 1. The van der Waals surface area contributed by atoms with Gasteiger partial charge in [0.25, 0.3) is 0 Å².